The third-order valence-electron chi connectivity index (χ3n) is 9.09. The van der Waals surface area contributed by atoms with E-state index in [0.717, 1.165) is 43.7 Å². The standard InChI is InChI=1S/C36H29BO3/c1-35(2)36(3,4)40-37(39-35)34-27-15-9-7-13-25(27)33(26-14-8-10-16-28(26)34)24-17-18-31-29(20-24)30-19-22-11-5-6-12-23(22)21-32(30)38-31/h5-21H,1-4H3. The van der Waals surface area contributed by atoms with Crippen molar-refractivity contribution in [1.82, 2.24) is 0 Å². The molecule has 2 heterocycles. The molecule has 194 valence electrons. The van der Waals surface area contributed by atoms with Gasteiger partial charge in [0.15, 0.2) is 0 Å². The Morgan fingerprint density at radius 3 is 1.65 bits per heavy atom. The lowest BCUT2D eigenvalue weighted by Gasteiger charge is -2.32. The van der Waals surface area contributed by atoms with Crippen molar-refractivity contribution in [3.05, 3.63) is 103 Å². The first-order chi connectivity index (χ1) is 19.3. The summed E-state index contributed by atoms with van der Waals surface area (Å²) in [6, 6.07) is 36.7. The summed E-state index contributed by atoms with van der Waals surface area (Å²) in [6.45, 7) is 8.44. The molecule has 1 aromatic heterocycles. The molecule has 0 unspecified atom stereocenters. The maximum atomic E-state index is 6.61. The van der Waals surface area contributed by atoms with Crippen LogP contribution in [0.1, 0.15) is 27.7 Å². The fraction of sp³-hybridized carbons (Fsp3) is 0.167. The third-order valence-corrected chi connectivity index (χ3v) is 9.09. The van der Waals surface area contributed by atoms with Crippen molar-refractivity contribution < 1.29 is 13.7 Å². The van der Waals surface area contributed by atoms with Gasteiger partial charge in [0.2, 0.25) is 0 Å². The lowest BCUT2D eigenvalue weighted by atomic mass is 9.71. The Balaban J connectivity index is 1.42. The van der Waals surface area contributed by atoms with E-state index in [2.05, 4.69) is 131 Å². The number of fused-ring (bicyclic) bond motifs is 6. The molecule has 1 saturated heterocycles. The second kappa shape index (κ2) is 8.20. The summed E-state index contributed by atoms with van der Waals surface area (Å²) in [6.07, 6.45) is 0. The van der Waals surface area contributed by atoms with Crippen molar-refractivity contribution in [1.29, 1.82) is 0 Å². The van der Waals surface area contributed by atoms with Gasteiger partial charge >= 0.3 is 7.12 Å². The van der Waals surface area contributed by atoms with Gasteiger partial charge in [-0.15, -0.1) is 0 Å². The third kappa shape index (κ3) is 3.33. The van der Waals surface area contributed by atoms with E-state index in [4.69, 9.17) is 13.7 Å². The summed E-state index contributed by atoms with van der Waals surface area (Å²) in [7, 11) is -0.456. The Morgan fingerprint density at radius 1 is 0.500 bits per heavy atom. The van der Waals surface area contributed by atoms with Gasteiger partial charge in [0.05, 0.1) is 11.2 Å². The highest BCUT2D eigenvalue weighted by Gasteiger charge is 2.52. The normalized spacial score (nSPS) is 16.6. The van der Waals surface area contributed by atoms with Crippen LogP contribution in [0.4, 0.5) is 0 Å². The van der Waals surface area contributed by atoms with Crippen LogP contribution in [0.25, 0.3) is 65.4 Å². The molecule has 0 saturated carbocycles. The summed E-state index contributed by atoms with van der Waals surface area (Å²) in [4.78, 5) is 0. The molecule has 0 N–H and O–H groups in total. The molecule has 0 spiro atoms. The van der Waals surface area contributed by atoms with E-state index in [1.165, 1.54) is 27.1 Å². The van der Waals surface area contributed by atoms with Crippen molar-refractivity contribution in [2.45, 2.75) is 38.9 Å². The molecular formula is C36H29BO3. The fourth-order valence-electron chi connectivity index (χ4n) is 6.31. The van der Waals surface area contributed by atoms with E-state index in [-0.39, 0.29) is 0 Å². The lowest BCUT2D eigenvalue weighted by molar-refractivity contribution is 0.00578. The first-order valence-electron chi connectivity index (χ1n) is 14.0. The Bertz CT molecular complexity index is 2060. The number of rotatable bonds is 2. The van der Waals surface area contributed by atoms with Gasteiger partial charge in [0, 0.05) is 10.8 Å². The molecule has 7 aromatic rings. The van der Waals surface area contributed by atoms with Crippen LogP contribution in [-0.2, 0) is 9.31 Å². The van der Waals surface area contributed by atoms with Gasteiger partial charge in [-0.1, -0.05) is 78.9 Å². The van der Waals surface area contributed by atoms with Gasteiger partial charge in [-0.3, -0.25) is 0 Å². The summed E-state index contributed by atoms with van der Waals surface area (Å²) >= 11 is 0. The predicted molar refractivity (Wildman–Crippen MR) is 167 cm³/mol. The van der Waals surface area contributed by atoms with Gasteiger partial charge in [0.25, 0.3) is 0 Å². The highest BCUT2D eigenvalue weighted by molar-refractivity contribution is 6.69. The van der Waals surface area contributed by atoms with Crippen LogP contribution in [0.15, 0.2) is 108 Å². The van der Waals surface area contributed by atoms with Crippen molar-refractivity contribution in [3.63, 3.8) is 0 Å². The fourth-order valence-corrected chi connectivity index (χ4v) is 6.31. The van der Waals surface area contributed by atoms with Crippen LogP contribution in [0.2, 0.25) is 0 Å². The van der Waals surface area contributed by atoms with E-state index < -0.39 is 18.3 Å². The minimum atomic E-state index is -0.456. The predicted octanol–water partition coefficient (Wildman–Crippen LogP) is 9.01. The topological polar surface area (TPSA) is 31.6 Å². The van der Waals surface area contributed by atoms with Gasteiger partial charge in [-0.25, -0.2) is 0 Å². The molecule has 6 aromatic carbocycles. The van der Waals surface area contributed by atoms with Crippen molar-refractivity contribution in [3.8, 4) is 11.1 Å². The van der Waals surface area contributed by atoms with E-state index in [1.54, 1.807) is 0 Å². The maximum Gasteiger partial charge on any atom is 0.496 e. The van der Waals surface area contributed by atoms with Crippen LogP contribution in [0.3, 0.4) is 0 Å². The minimum Gasteiger partial charge on any atom is -0.456 e. The second-order valence-corrected chi connectivity index (χ2v) is 12.0. The zero-order valence-corrected chi connectivity index (χ0v) is 23.1. The SMILES string of the molecule is CC1(C)OB(c2c3ccccc3c(-c3ccc4oc5cc6ccccc6cc5c4c3)c3ccccc23)OC1(C)C. The Labute approximate surface area is 233 Å². The molecule has 0 radical (unpaired) electrons. The summed E-state index contributed by atoms with van der Waals surface area (Å²) in [5, 5.41) is 9.33. The number of hydrogen-bond donors (Lipinski definition) is 0. The molecule has 1 aliphatic rings. The Kier molecular flexibility index (Phi) is 4.87. The van der Waals surface area contributed by atoms with Gasteiger partial charge < -0.3 is 13.7 Å². The van der Waals surface area contributed by atoms with Crippen LogP contribution in [0.5, 0.6) is 0 Å². The molecule has 0 bridgehead atoms. The molecule has 1 aliphatic heterocycles. The average molecular weight is 520 g/mol. The summed E-state index contributed by atoms with van der Waals surface area (Å²) < 4.78 is 19.5. The van der Waals surface area contributed by atoms with Gasteiger partial charge in [-0.05, 0) is 101 Å². The molecule has 0 aliphatic carbocycles. The highest BCUT2D eigenvalue weighted by Crippen LogP contribution is 2.42. The first kappa shape index (κ1) is 23.7. The van der Waals surface area contributed by atoms with Crippen LogP contribution in [-0.4, -0.2) is 18.3 Å². The van der Waals surface area contributed by atoms with E-state index >= 15 is 0 Å². The van der Waals surface area contributed by atoms with Crippen LogP contribution in [0, 0.1) is 0 Å². The average Bonchev–Trinajstić information content (AvgIpc) is 3.40. The van der Waals surface area contributed by atoms with Crippen molar-refractivity contribution in [2.24, 2.45) is 0 Å². The molecule has 0 amide bonds. The molecule has 0 atom stereocenters. The quantitative estimate of drug-likeness (QED) is 0.168. The minimum absolute atomic E-state index is 0.421. The van der Waals surface area contributed by atoms with Crippen molar-refractivity contribution in [2.75, 3.05) is 0 Å². The zero-order valence-electron chi connectivity index (χ0n) is 23.1. The number of furan rings is 1. The summed E-state index contributed by atoms with van der Waals surface area (Å²) in [5.74, 6) is 0. The maximum absolute atomic E-state index is 6.61. The van der Waals surface area contributed by atoms with E-state index in [1.807, 2.05) is 0 Å². The second-order valence-electron chi connectivity index (χ2n) is 12.0. The molecule has 1 fully saturated rings. The van der Waals surface area contributed by atoms with E-state index in [9.17, 15) is 0 Å². The first-order valence-corrected chi connectivity index (χ1v) is 14.0. The Hall–Kier alpha value is -4.12. The van der Waals surface area contributed by atoms with Crippen LogP contribution >= 0.6 is 0 Å². The largest absolute Gasteiger partial charge is 0.496 e. The molecule has 4 heteroatoms. The number of benzene rings is 6. The molecule has 8 rings (SSSR count). The summed E-state index contributed by atoms with van der Waals surface area (Å²) in [5.41, 5.74) is 4.44. The molecule has 40 heavy (non-hydrogen) atoms. The van der Waals surface area contributed by atoms with E-state index in [0.29, 0.717) is 0 Å². The lowest BCUT2D eigenvalue weighted by Crippen LogP contribution is -2.41. The van der Waals surface area contributed by atoms with Crippen molar-refractivity contribution >= 4 is 66.8 Å². The number of hydrogen-bond acceptors (Lipinski definition) is 3. The van der Waals surface area contributed by atoms with Crippen LogP contribution < -0.4 is 5.46 Å². The zero-order chi connectivity index (χ0) is 27.2. The monoisotopic (exact) mass is 520 g/mol. The Morgan fingerprint density at radius 2 is 1.02 bits per heavy atom. The van der Waals surface area contributed by atoms with Gasteiger partial charge in [0.1, 0.15) is 11.2 Å². The highest BCUT2D eigenvalue weighted by atomic mass is 16.7. The molecular weight excluding hydrogens is 491 g/mol. The van der Waals surface area contributed by atoms with Gasteiger partial charge in [-0.2, -0.15) is 0 Å². The smallest absolute Gasteiger partial charge is 0.456 e. The molecule has 3 nitrogen and oxygen atoms in total.